The largest absolute Gasteiger partial charge is 0.327 e. The summed E-state index contributed by atoms with van der Waals surface area (Å²) in [5.41, 5.74) is 9.18. The van der Waals surface area contributed by atoms with Gasteiger partial charge < -0.3 is 5.73 Å². The number of rotatable bonds is 2. The maximum atomic E-state index is 5.92. The Bertz CT molecular complexity index is 170. The van der Waals surface area contributed by atoms with Crippen molar-refractivity contribution in [2.75, 3.05) is 0 Å². The molecule has 70 valence electrons. The lowest BCUT2D eigenvalue weighted by atomic mass is 9.87. The summed E-state index contributed by atoms with van der Waals surface area (Å²) in [4.78, 5) is 0. The molecule has 1 aliphatic carbocycles. The molecule has 0 spiro atoms. The van der Waals surface area contributed by atoms with Gasteiger partial charge in [-0.15, -0.1) is 0 Å². The van der Waals surface area contributed by atoms with Gasteiger partial charge in [-0.05, 0) is 39.0 Å². The summed E-state index contributed by atoms with van der Waals surface area (Å²) in [5.74, 6) is 0. The van der Waals surface area contributed by atoms with Crippen LogP contribution in [0.15, 0.2) is 11.1 Å². The molecule has 12 heavy (non-hydrogen) atoms. The zero-order valence-electron chi connectivity index (χ0n) is 8.40. The minimum Gasteiger partial charge on any atom is -0.327 e. The molecule has 0 aromatic carbocycles. The average molecular weight is 167 g/mol. The van der Waals surface area contributed by atoms with Crippen LogP contribution < -0.4 is 5.73 Å². The van der Waals surface area contributed by atoms with Crippen molar-refractivity contribution in [3.05, 3.63) is 11.1 Å². The van der Waals surface area contributed by atoms with Gasteiger partial charge in [0.15, 0.2) is 0 Å². The highest BCUT2D eigenvalue weighted by Gasteiger charge is 2.14. The Morgan fingerprint density at radius 1 is 1.58 bits per heavy atom. The van der Waals surface area contributed by atoms with Gasteiger partial charge in [0.25, 0.3) is 0 Å². The molecule has 0 aromatic heterocycles. The summed E-state index contributed by atoms with van der Waals surface area (Å²) < 4.78 is 0. The molecule has 2 N–H and O–H groups in total. The van der Waals surface area contributed by atoms with E-state index in [1.807, 2.05) is 0 Å². The fraction of sp³-hybridized carbons (Fsp3) is 0.818. The first-order valence-electron chi connectivity index (χ1n) is 5.17. The van der Waals surface area contributed by atoms with Crippen LogP contribution in [0.3, 0.4) is 0 Å². The van der Waals surface area contributed by atoms with Crippen LogP contribution in [0, 0.1) is 0 Å². The average Bonchev–Trinajstić information content (AvgIpc) is 2.05. The molecule has 1 unspecified atom stereocenters. The topological polar surface area (TPSA) is 26.0 Å². The Kier molecular flexibility index (Phi) is 3.80. The zero-order valence-corrected chi connectivity index (χ0v) is 8.40. The molecule has 1 fully saturated rings. The molecule has 1 saturated carbocycles. The van der Waals surface area contributed by atoms with E-state index in [9.17, 15) is 0 Å². The second-order valence-electron chi connectivity index (χ2n) is 3.99. The van der Waals surface area contributed by atoms with E-state index in [0.717, 1.165) is 6.42 Å². The minimum atomic E-state index is 0.445. The van der Waals surface area contributed by atoms with Gasteiger partial charge in [0, 0.05) is 6.04 Å². The van der Waals surface area contributed by atoms with Crippen molar-refractivity contribution >= 4 is 0 Å². The number of hydrogen-bond acceptors (Lipinski definition) is 1. The van der Waals surface area contributed by atoms with Crippen molar-refractivity contribution in [2.24, 2.45) is 5.73 Å². The maximum absolute atomic E-state index is 5.92. The van der Waals surface area contributed by atoms with E-state index < -0.39 is 0 Å². The van der Waals surface area contributed by atoms with Crippen LogP contribution in [0.2, 0.25) is 0 Å². The Hall–Kier alpha value is -0.300. The van der Waals surface area contributed by atoms with Gasteiger partial charge in [-0.3, -0.25) is 0 Å². The van der Waals surface area contributed by atoms with Gasteiger partial charge in [-0.1, -0.05) is 24.5 Å². The normalized spacial score (nSPS) is 28.8. The highest BCUT2D eigenvalue weighted by atomic mass is 14.6. The van der Waals surface area contributed by atoms with Crippen molar-refractivity contribution in [1.82, 2.24) is 0 Å². The quantitative estimate of drug-likeness (QED) is 0.629. The van der Waals surface area contributed by atoms with Crippen LogP contribution in [0.5, 0.6) is 0 Å². The van der Waals surface area contributed by atoms with Gasteiger partial charge in [0.2, 0.25) is 0 Å². The second kappa shape index (κ2) is 4.66. The third-order valence-corrected chi connectivity index (χ3v) is 2.79. The third kappa shape index (κ3) is 2.63. The molecule has 0 radical (unpaired) electrons. The molecular formula is C11H21N. The van der Waals surface area contributed by atoms with Gasteiger partial charge in [0.1, 0.15) is 0 Å². The number of nitrogens with two attached hydrogens (primary N) is 1. The van der Waals surface area contributed by atoms with E-state index in [1.54, 1.807) is 11.1 Å². The van der Waals surface area contributed by atoms with Crippen molar-refractivity contribution in [3.8, 4) is 0 Å². The summed E-state index contributed by atoms with van der Waals surface area (Å²) in [7, 11) is 0. The highest BCUT2D eigenvalue weighted by Crippen LogP contribution is 2.26. The van der Waals surface area contributed by atoms with E-state index in [1.165, 1.54) is 32.1 Å². The third-order valence-electron chi connectivity index (χ3n) is 2.79. The predicted molar refractivity (Wildman–Crippen MR) is 54.1 cm³/mol. The first-order valence-corrected chi connectivity index (χ1v) is 5.17. The van der Waals surface area contributed by atoms with Gasteiger partial charge in [0.05, 0.1) is 0 Å². The molecule has 1 heteroatoms. The first kappa shape index (κ1) is 9.79. The first-order chi connectivity index (χ1) is 5.74. The molecule has 0 amide bonds. The lowest BCUT2D eigenvalue weighted by Crippen LogP contribution is -2.24. The standard InChI is InChI=1S/C11H21N/c1-3-5-9(2)10-6-4-7-11(12)8-10/h11H,3-8,12H2,1-2H3. The number of allylic oxidation sites excluding steroid dienone is 1. The van der Waals surface area contributed by atoms with E-state index in [2.05, 4.69) is 13.8 Å². The molecule has 0 heterocycles. The Morgan fingerprint density at radius 3 is 2.92 bits per heavy atom. The van der Waals surface area contributed by atoms with Gasteiger partial charge >= 0.3 is 0 Å². The van der Waals surface area contributed by atoms with Crippen molar-refractivity contribution in [1.29, 1.82) is 0 Å². The molecule has 1 nitrogen and oxygen atoms in total. The van der Waals surface area contributed by atoms with Crippen LogP contribution in [-0.2, 0) is 0 Å². The Morgan fingerprint density at radius 2 is 2.33 bits per heavy atom. The molecule has 0 aromatic rings. The SMILES string of the molecule is CCCC(C)=C1CCCC(N)C1. The van der Waals surface area contributed by atoms with E-state index in [4.69, 9.17) is 5.73 Å². The fourth-order valence-corrected chi connectivity index (χ4v) is 2.04. The van der Waals surface area contributed by atoms with Crippen LogP contribution in [0.4, 0.5) is 0 Å². The molecule has 1 rings (SSSR count). The van der Waals surface area contributed by atoms with Gasteiger partial charge in [-0.25, -0.2) is 0 Å². The highest BCUT2D eigenvalue weighted by molar-refractivity contribution is 5.15. The Labute approximate surface area is 76.0 Å². The summed E-state index contributed by atoms with van der Waals surface area (Å²) in [6.45, 7) is 4.52. The van der Waals surface area contributed by atoms with Gasteiger partial charge in [-0.2, -0.15) is 0 Å². The molecular weight excluding hydrogens is 146 g/mol. The monoisotopic (exact) mass is 167 g/mol. The lowest BCUT2D eigenvalue weighted by Gasteiger charge is -2.22. The fourth-order valence-electron chi connectivity index (χ4n) is 2.04. The lowest BCUT2D eigenvalue weighted by molar-refractivity contribution is 0.511. The van der Waals surface area contributed by atoms with Crippen LogP contribution >= 0.6 is 0 Å². The summed E-state index contributed by atoms with van der Waals surface area (Å²) in [6.07, 6.45) is 7.53. The molecule has 0 saturated heterocycles. The smallest absolute Gasteiger partial charge is 0.00762 e. The summed E-state index contributed by atoms with van der Waals surface area (Å²) >= 11 is 0. The van der Waals surface area contributed by atoms with E-state index in [-0.39, 0.29) is 0 Å². The molecule has 1 aliphatic rings. The zero-order chi connectivity index (χ0) is 8.97. The second-order valence-corrected chi connectivity index (χ2v) is 3.99. The maximum Gasteiger partial charge on any atom is 0.00762 e. The molecule has 0 bridgehead atoms. The summed E-state index contributed by atoms with van der Waals surface area (Å²) in [6, 6.07) is 0.445. The summed E-state index contributed by atoms with van der Waals surface area (Å²) in [5, 5.41) is 0. The van der Waals surface area contributed by atoms with Crippen LogP contribution in [0.25, 0.3) is 0 Å². The number of hydrogen-bond donors (Lipinski definition) is 1. The predicted octanol–water partition coefficient (Wildman–Crippen LogP) is 3.00. The van der Waals surface area contributed by atoms with Crippen LogP contribution in [0.1, 0.15) is 52.4 Å². The Balaban J connectivity index is 2.53. The van der Waals surface area contributed by atoms with Crippen LogP contribution in [-0.4, -0.2) is 6.04 Å². The van der Waals surface area contributed by atoms with Crippen molar-refractivity contribution in [2.45, 2.75) is 58.4 Å². The van der Waals surface area contributed by atoms with Crippen molar-refractivity contribution < 1.29 is 0 Å². The van der Waals surface area contributed by atoms with E-state index >= 15 is 0 Å². The minimum absolute atomic E-state index is 0.445. The van der Waals surface area contributed by atoms with E-state index in [0.29, 0.717) is 6.04 Å². The molecule has 1 atom stereocenters. The molecule has 0 aliphatic heterocycles. The van der Waals surface area contributed by atoms with Crippen molar-refractivity contribution in [3.63, 3.8) is 0 Å².